The Bertz CT molecular complexity index is 706. The van der Waals surface area contributed by atoms with Crippen molar-refractivity contribution < 1.29 is 19.2 Å². The monoisotopic (exact) mass is 435 g/mol. The second-order valence-electron chi connectivity index (χ2n) is 8.27. The van der Waals surface area contributed by atoms with Crippen LogP contribution >= 0.6 is 0 Å². The van der Waals surface area contributed by atoms with E-state index in [4.69, 9.17) is 0 Å². The predicted octanol–water partition coefficient (Wildman–Crippen LogP) is 3.28. The second-order valence-corrected chi connectivity index (χ2v) is 12.8. The number of urea groups is 1. The van der Waals surface area contributed by atoms with Crippen LogP contribution in [0, 0.1) is 0 Å². The number of hydrogen-bond acceptors (Lipinski definition) is 7. The maximum Gasteiger partial charge on any atom is 0.332 e. The Hall–Kier alpha value is -2.41. The standard InChI is InChI=1S/C20H33N5O4Si/c1-30(2,3)23-18-19(28)25(15-11-7-5-9-13-22-17-27)20(29)24(18)14-10-6-4-8-12-21-16-26/h4-15H2,1-3H3. The molecule has 1 aliphatic heterocycles. The predicted molar refractivity (Wildman–Crippen MR) is 118 cm³/mol. The summed E-state index contributed by atoms with van der Waals surface area (Å²) in [5.74, 6) is -0.0154. The number of carbonyl (C=O) groups is 2. The number of aliphatic imine (C=N–C) groups is 2. The molecule has 1 saturated heterocycles. The molecule has 1 fully saturated rings. The third kappa shape index (κ3) is 9.39. The van der Waals surface area contributed by atoms with E-state index in [1.807, 2.05) is 19.6 Å². The number of isocyanates is 2. The van der Waals surface area contributed by atoms with Gasteiger partial charge in [-0.2, -0.15) is 0 Å². The van der Waals surface area contributed by atoms with Gasteiger partial charge in [0, 0.05) is 13.1 Å². The van der Waals surface area contributed by atoms with E-state index in [-0.39, 0.29) is 17.8 Å². The summed E-state index contributed by atoms with van der Waals surface area (Å²) < 4.78 is 4.65. The Kier molecular flexibility index (Phi) is 11.7. The van der Waals surface area contributed by atoms with Gasteiger partial charge in [-0.05, 0) is 45.3 Å². The lowest BCUT2D eigenvalue weighted by Crippen LogP contribution is -2.35. The highest BCUT2D eigenvalue weighted by Crippen LogP contribution is 2.19. The van der Waals surface area contributed by atoms with Gasteiger partial charge in [0.1, 0.15) is 0 Å². The molecule has 0 bridgehead atoms. The largest absolute Gasteiger partial charge is 0.332 e. The minimum Gasteiger partial charge on any atom is -0.302 e. The van der Waals surface area contributed by atoms with Gasteiger partial charge in [0.15, 0.2) is 14.1 Å². The number of imide groups is 1. The van der Waals surface area contributed by atoms with E-state index in [1.165, 1.54) is 22.0 Å². The highest BCUT2D eigenvalue weighted by Gasteiger charge is 2.42. The lowest BCUT2D eigenvalue weighted by Gasteiger charge is -2.18. The Labute approximate surface area is 179 Å². The van der Waals surface area contributed by atoms with Gasteiger partial charge >= 0.3 is 6.03 Å². The van der Waals surface area contributed by atoms with Crippen molar-refractivity contribution in [2.24, 2.45) is 14.6 Å². The molecule has 10 heteroatoms. The Morgan fingerprint density at radius 1 is 0.733 bits per heavy atom. The minimum absolute atomic E-state index is 0.282. The van der Waals surface area contributed by atoms with Gasteiger partial charge < -0.3 is 4.66 Å². The van der Waals surface area contributed by atoms with Gasteiger partial charge in [-0.25, -0.2) is 24.4 Å². The number of rotatable bonds is 15. The lowest BCUT2D eigenvalue weighted by molar-refractivity contribution is -0.120. The van der Waals surface area contributed by atoms with Crippen molar-refractivity contribution in [3.63, 3.8) is 0 Å². The van der Waals surface area contributed by atoms with Crippen LogP contribution in [0.15, 0.2) is 14.6 Å². The first-order valence-electron chi connectivity index (χ1n) is 10.6. The van der Waals surface area contributed by atoms with Crippen molar-refractivity contribution in [1.29, 1.82) is 0 Å². The fraction of sp³-hybridized carbons (Fsp3) is 0.750. The molecule has 1 rings (SSSR count). The molecule has 0 N–H and O–H groups in total. The van der Waals surface area contributed by atoms with E-state index in [0.29, 0.717) is 32.6 Å². The van der Waals surface area contributed by atoms with Gasteiger partial charge in [-0.1, -0.05) is 25.7 Å². The van der Waals surface area contributed by atoms with Gasteiger partial charge in [-0.3, -0.25) is 14.6 Å². The molecule has 0 spiro atoms. The molecule has 0 aromatic rings. The molecule has 166 valence electrons. The molecular weight excluding hydrogens is 402 g/mol. The van der Waals surface area contributed by atoms with E-state index in [1.54, 1.807) is 0 Å². The van der Waals surface area contributed by atoms with Crippen LogP contribution in [-0.2, 0) is 14.4 Å². The molecule has 0 saturated carbocycles. The van der Waals surface area contributed by atoms with E-state index < -0.39 is 8.24 Å². The maximum atomic E-state index is 12.9. The average molecular weight is 436 g/mol. The van der Waals surface area contributed by atoms with Crippen LogP contribution in [0.5, 0.6) is 0 Å². The summed E-state index contributed by atoms with van der Waals surface area (Å²) in [6.45, 7) is 7.88. The van der Waals surface area contributed by atoms with Crippen LogP contribution in [0.3, 0.4) is 0 Å². The molecule has 0 unspecified atom stereocenters. The maximum absolute atomic E-state index is 12.9. The number of nitrogens with zero attached hydrogens (tertiary/aromatic N) is 5. The molecule has 3 amide bonds. The summed E-state index contributed by atoms with van der Waals surface area (Å²) in [4.78, 5) is 55.7. The van der Waals surface area contributed by atoms with Crippen molar-refractivity contribution in [1.82, 2.24) is 9.80 Å². The Morgan fingerprint density at radius 2 is 1.20 bits per heavy atom. The van der Waals surface area contributed by atoms with Gasteiger partial charge in [0.25, 0.3) is 5.91 Å². The quantitative estimate of drug-likeness (QED) is 0.129. The summed E-state index contributed by atoms with van der Waals surface area (Å²) in [6.07, 6.45) is 9.66. The van der Waals surface area contributed by atoms with Crippen molar-refractivity contribution >= 4 is 38.2 Å². The van der Waals surface area contributed by atoms with Crippen molar-refractivity contribution in [3.8, 4) is 0 Å². The topological polar surface area (TPSA) is 112 Å². The van der Waals surface area contributed by atoms with Crippen LogP contribution in [-0.4, -0.2) is 74.1 Å². The molecule has 0 atom stereocenters. The average Bonchev–Trinajstić information content (AvgIpc) is 2.89. The van der Waals surface area contributed by atoms with Crippen LogP contribution in [0.2, 0.25) is 19.6 Å². The molecule has 30 heavy (non-hydrogen) atoms. The zero-order valence-corrected chi connectivity index (χ0v) is 19.4. The fourth-order valence-electron chi connectivity index (χ4n) is 3.10. The summed E-state index contributed by atoms with van der Waals surface area (Å²) in [6, 6.07) is -0.284. The molecule has 0 aromatic carbocycles. The second kappa shape index (κ2) is 13.7. The molecule has 1 aliphatic rings. The van der Waals surface area contributed by atoms with E-state index >= 15 is 0 Å². The van der Waals surface area contributed by atoms with Crippen molar-refractivity contribution in [2.45, 2.75) is 71.0 Å². The first-order valence-corrected chi connectivity index (χ1v) is 14.1. The SMILES string of the molecule is C[Si](C)(C)N=C1C(=O)N(CCCCCCN=C=O)C(=O)N1CCCCCCN=C=O. The third-order valence-corrected chi connectivity index (χ3v) is 5.41. The molecule has 9 nitrogen and oxygen atoms in total. The summed E-state index contributed by atoms with van der Waals surface area (Å²) in [7, 11) is -1.94. The van der Waals surface area contributed by atoms with Gasteiger partial charge in [0.2, 0.25) is 12.2 Å². The molecule has 0 radical (unpaired) electrons. The zero-order valence-electron chi connectivity index (χ0n) is 18.4. The van der Waals surface area contributed by atoms with E-state index in [9.17, 15) is 19.2 Å². The normalized spacial score (nSPS) is 15.5. The Morgan fingerprint density at radius 3 is 1.67 bits per heavy atom. The van der Waals surface area contributed by atoms with Crippen LogP contribution in [0.4, 0.5) is 4.79 Å². The fourth-order valence-corrected chi connectivity index (χ4v) is 3.96. The third-order valence-electron chi connectivity index (χ3n) is 4.53. The van der Waals surface area contributed by atoms with Crippen LogP contribution in [0.1, 0.15) is 51.4 Å². The first kappa shape index (κ1) is 25.6. The molecular formula is C20H33N5O4Si. The number of amides is 3. The number of hydrogen-bond donors (Lipinski definition) is 0. The summed E-state index contributed by atoms with van der Waals surface area (Å²) in [5, 5.41) is 0. The lowest BCUT2D eigenvalue weighted by atomic mass is 10.2. The molecule has 0 aromatic heterocycles. The first-order chi connectivity index (χ1) is 14.3. The minimum atomic E-state index is -1.94. The van der Waals surface area contributed by atoms with Gasteiger partial charge in [0.05, 0.1) is 13.1 Å². The highest BCUT2D eigenvalue weighted by molar-refractivity contribution is 6.77. The number of amidine groups is 1. The summed E-state index contributed by atoms with van der Waals surface area (Å²) >= 11 is 0. The number of carbonyl (C=O) groups excluding carboxylic acids is 4. The highest BCUT2D eigenvalue weighted by atomic mass is 28.3. The van der Waals surface area contributed by atoms with Crippen molar-refractivity contribution in [2.75, 3.05) is 26.2 Å². The molecule has 1 heterocycles. The smallest absolute Gasteiger partial charge is 0.302 e. The molecule has 0 aliphatic carbocycles. The van der Waals surface area contributed by atoms with E-state index in [0.717, 1.165) is 44.9 Å². The van der Waals surface area contributed by atoms with Crippen molar-refractivity contribution in [3.05, 3.63) is 0 Å². The summed E-state index contributed by atoms with van der Waals surface area (Å²) in [5.41, 5.74) is 0. The van der Waals surface area contributed by atoms with E-state index in [2.05, 4.69) is 14.6 Å². The zero-order chi connectivity index (χ0) is 22.4. The van der Waals surface area contributed by atoms with Crippen LogP contribution < -0.4 is 0 Å². The van der Waals surface area contributed by atoms with Gasteiger partial charge in [-0.15, -0.1) is 0 Å². The number of unbranched alkanes of at least 4 members (excludes halogenated alkanes) is 6. The Balaban J connectivity index is 2.62. The van der Waals surface area contributed by atoms with Crippen LogP contribution in [0.25, 0.3) is 0 Å².